The molecular formula is C26H28N2O6S. The highest BCUT2D eigenvalue weighted by Gasteiger charge is 2.18. The van der Waals surface area contributed by atoms with Gasteiger partial charge in [-0.25, -0.2) is 8.42 Å². The van der Waals surface area contributed by atoms with Gasteiger partial charge in [-0.15, -0.1) is 0 Å². The van der Waals surface area contributed by atoms with Gasteiger partial charge >= 0.3 is 0 Å². The van der Waals surface area contributed by atoms with E-state index in [0.29, 0.717) is 34.2 Å². The number of sulfonamides is 1. The van der Waals surface area contributed by atoms with Gasteiger partial charge in [-0.3, -0.25) is 9.52 Å². The van der Waals surface area contributed by atoms with Gasteiger partial charge in [0.15, 0.2) is 18.1 Å². The van der Waals surface area contributed by atoms with Crippen molar-refractivity contribution < 1.29 is 27.4 Å². The van der Waals surface area contributed by atoms with E-state index in [0.717, 1.165) is 5.56 Å². The lowest BCUT2D eigenvalue weighted by Gasteiger charge is -2.14. The van der Waals surface area contributed by atoms with Crippen LogP contribution in [-0.2, 0) is 14.8 Å². The summed E-state index contributed by atoms with van der Waals surface area (Å²) in [7, 11) is -0.834. The number of anilines is 2. The largest absolute Gasteiger partial charge is 0.497 e. The molecule has 0 heterocycles. The van der Waals surface area contributed by atoms with Gasteiger partial charge in [-0.1, -0.05) is 24.3 Å². The van der Waals surface area contributed by atoms with Crippen molar-refractivity contribution in [3.63, 3.8) is 0 Å². The smallest absolute Gasteiger partial charge is 0.262 e. The number of methoxy groups -OCH3 is 2. The van der Waals surface area contributed by atoms with Gasteiger partial charge in [0.05, 0.1) is 19.1 Å². The first-order valence-corrected chi connectivity index (χ1v) is 12.2. The number of benzene rings is 3. The van der Waals surface area contributed by atoms with Crippen LogP contribution in [0.3, 0.4) is 0 Å². The monoisotopic (exact) mass is 496 g/mol. The Morgan fingerprint density at radius 3 is 2.29 bits per heavy atom. The molecule has 0 aliphatic rings. The highest BCUT2D eigenvalue weighted by molar-refractivity contribution is 7.92. The summed E-state index contributed by atoms with van der Waals surface area (Å²) in [4.78, 5) is 12.5. The quantitative estimate of drug-likeness (QED) is 0.415. The number of allylic oxidation sites excluding steroid dienone is 1. The van der Waals surface area contributed by atoms with E-state index in [1.165, 1.54) is 20.3 Å². The first-order chi connectivity index (χ1) is 16.7. The van der Waals surface area contributed by atoms with Crippen molar-refractivity contribution in [2.24, 2.45) is 0 Å². The standard InChI is InChI=1S/C26H28N2O6S/c1-5-6-19-8-14-23(24(15-19)33-4)34-17-26(29)27-21-9-7-18(2)25(16-21)35(30,31)28-20-10-12-22(32-3)13-11-20/h5-16,28H,17H2,1-4H3,(H,27,29)/b6-5+. The van der Waals surface area contributed by atoms with Crippen molar-refractivity contribution >= 4 is 33.4 Å². The molecule has 9 heteroatoms. The minimum absolute atomic E-state index is 0.0493. The average Bonchev–Trinajstić information content (AvgIpc) is 2.84. The molecule has 0 aliphatic heterocycles. The van der Waals surface area contributed by atoms with Crippen LogP contribution >= 0.6 is 0 Å². The third kappa shape index (κ3) is 6.77. The molecule has 0 saturated carbocycles. The lowest BCUT2D eigenvalue weighted by Crippen LogP contribution is -2.21. The molecule has 0 aliphatic carbocycles. The van der Waals surface area contributed by atoms with E-state index in [2.05, 4.69) is 10.0 Å². The Bertz CT molecular complexity index is 1320. The van der Waals surface area contributed by atoms with Crippen molar-refractivity contribution in [2.75, 3.05) is 30.9 Å². The van der Waals surface area contributed by atoms with Crippen LogP contribution in [0.1, 0.15) is 18.1 Å². The molecule has 0 saturated heterocycles. The van der Waals surface area contributed by atoms with Crippen LogP contribution in [-0.4, -0.2) is 35.2 Å². The lowest BCUT2D eigenvalue weighted by molar-refractivity contribution is -0.118. The van der Waals surface area contributed by atoms with E-state index in [1.54, 1.807) is 55.5 Å². The number of amides is 1. The molecule has 2 N–H and O–H groups in total. The van der Waals surface area contributed by atoms with Crippen LogP contribution in [0, 0.1) is 6.92 Å². The molecule has 3 aromatic carbocycles. The zero-order chi connectivity index (χ0) is 25.4. The second kappa shape index (κ2) is 11.4. The summed E-state index contributed by atoms with van der Waals surface area (Å²) in [6, 6.07) is 16.6. The summed E-state index contributed by atoms with van der Waals surface area (Å²) >= 11 is 0. The van der Waals surface area contributed by atoms with E-state index < -0.39 is 15.9 Å². The highest BCUT2D eigenvalue weighted by Crippen LogP contribution is 2.29. The Hall–Kier alpha value is -3.98. The maximum atomic E-state index is 13.0. The zero-order valence-corrected chi connectivity index (χ0v) is 20.8. The first-order valence-electron chi connectivity index (χ1n) is 10.8. The van der Waals surface area contributed by atoms with Crippen LogP contribution < -0.4 is 24.2 Å². The molecular weight excluding hydrogens is 468 g/mol. The van der Waals surface area contributed by atoms with Crippen LogP contribution in [0.2, 0.25) is 0 Å². The van der Waals surface area contributed by atoms with Crippen molar-refractivity contribution in [1.82, 2.24) is 0 Å². The summed E-state index contributed by atoms with van der Waals surface area (Å²) < 4.78 is 44.5. The van der Waals surface area contributed by atoms with Crippen molar-refractivity contribution in [3.8, 4) is 17.2 Å². The minimum Gasteiger partial charge on any atom is -0.497 e. The van der Waals surface area contributed by atoms with Crippen molar-refractivity contribution in [1.29, 1.82) is 0 Å². The second-order valence-corrected chi connectivity index (χ2v) is 9.21. The summed E-state index contributed by atoms with van der Waals surface area (Å²) in [5, 5.41) is 2.68. The lowest BCUT2D eigenvalue weighted by atomic mass is 10.2. The minimum atomic E-state index is -3.89. The van der Waals surface area contributed by atoms with Gasteiger partial charge in [-0.05, 0) is 73.5 Å². The molecule has 0 fully saturated rings. The Morgan fingerprint density at radius 1 is 0.914 bits per heavy atom. The number of hydrogen-bond donors (Lipinski definition) is 2. The molecule has 3 rings (SSSR count). The first kappa shape index (κ1) is 25.6. The topological polar surface area (TPSA) is 103 Å². The van der Waals surface area contributed by atoms with E-state index in [1.807, 2.05) is 25.1 Å². The average molecular weight is 497 g/mol. The van der Waals surface area contributed by atoms with Crippen LogP contribution in [0.4, 0.5) is 11.4 Å². The predicted molar refractivity (Wildman–Crippen MR) is 137 cm³/mol. The molecule has 0 unspecified atom stereocenters. The van der Waals surface area contributed by atoms with E-state index in [4.69, 9.17) is 14.2 Å². The third-order valence-corrected chi connectivity index (χ3v) is 6.53. The predicted octanol–water partition coefficient (Wildman–Crippen LogP) is 4.86. The maximum absolute atomic E-state index is 13.0. The van der Waals surface area contributed by atoms with E-state index in [9.17, 15) is 13.2 Å². The van der Waals surface area contributed by atoms with Gasteiger partial charge < -0.3 is 19.5 Å². The molecule has 8 nitrogen and oxygen atoms in total. The fraction of sp³-hybridized carbons (Fsp3) is 0.192. The van der Waals surface area contributed by atoms with Gasteiger partial charge in [0, 0.05) is 11.4 Å². The zero-order valence-electron chi connectivity index (χ0n) is 20.0. The number of ether oxygens (including phenoxy) is 3. The van der Waals surface area contributed by atoms with E-state index >= 15 is 0 Å². The Balaban J connectivity index is 1.69. The summed E-state index contributed by atoms with van der Waals surface area (Å²) in [5.74, 6) is 1.09. The molecule has 184 valence electrons. The second-order valence-electron chi connectivity index (χ2n) is 7.56. The molecule has 35 heavy (non-hydrogen) atoms. The Labute approximate surface area is 205 Å². The normalized spacial score (nSPS) is 11.2. The van der Waals surface area contributed by atoms with Gasteiger partial charge in [-0.2, -0.15) is 0 Å². The van der Waals surface area contributed by atoms with Gasteiger partial charge in [0.1, 0.15) is 5.75 Å². The number of hydrogen-bond acceptors (Lipinski definition) is 6. The molecule has 3 aromatic rings. The molecule has 0 spiro atoms. The summed E-state index contributed by atoms with van der Waals surface area (Å²) in [6.07, 6.45) is 3.83. The SMILES string of the molecule is C/C=C/c1ccc(OCC(=O)Nc2ccc(C)c(S(=O)(=O)Nc3ccc(OC)cc3)c2)c(OC)c1. The Kier molecular flexibility index (Phi) is 8.38. The highest BCUT2D eigenvalue weighted by atomic mass is 32.2. The fourth-order valence-corrected chi connectivity index (χ4v) is 4.61. The number of rotatable bonds is 10. The molecule has 0 bridgehead atoms. The van der Waals surface area contributed by atoms with E-state index in [-0.39, 0.29) is 11.5 Å². The van der Waals surface area contributed by atoms with Crippen LogP contribution in [0.25, 0.3) is 6.08 Å². The molecule has 1 amide bonds. The third-order valence-electron chi connectivity index (χ3n) is 5.01. The molecule has 0 atom stereocenters. The number of carbonyl (C=O) groups excluding carboxylic acids is 1. The van der Waals surface area contributed by atoms with Crippen LogP contribution in [0.15, 0.2) is 71.6 Å². The summed E-state index contributed by atoms with van der Waals surface area (Å²) in [5.41, 5.74) is 2.20. The van der Waals surface area contributed by atoms with Crippen molar-refractivity contribution in [3.05, 3.63) is 77.9 Å². The molecule has 0 aromatic heterocycles. The number of aryl methyl sites for hydroxylation is 1. The number of nitrogens with one attached hydrogen (secondary N) is 2. The number of carbonyl (C=O) groups is 1. The fourth-order valence-electron chi connectivity index (χ4n) is 3.28. The maximum Gasteiger partial charge on any atom is 0.262 e. The Morgan fingerprint density at radius 2 is 1.63 bits per heavy atom. The van der Waals surface area contributed by atoms with Crippen molar-refractivity contribution in [2.45, 2.75) is 18.7 Å². The van der Waals surface area contributed by atoms with Gasteiger partial charge in [0.2, 0.25) is 0 Å². The van der Waals surface area contributed by atoms with Crippen LogP contribution in [0.5, 0.6) is 17.2 Å². The summed E-state index contributed by atoms with van der Waals surface area (Å²) in [6.45, 7) is 3.32. The van der Waals surface area contributed by atoms with Gasteiger partial charge in [0.25, 0.3) is 15.9 Å². The molecule has 0 radical (unpaired) electrons.